The quantitative estimate of drug-likeness (QED) is 0.748. The van der Waals surface area contributed by atoms with Crippen LogP contribution in [0.15, 0.2) is 18.2 Å². The number of carbonyl (C=O) groups excluding carboxylic acids is 2. The highest BCUT2D eigenvalue weighted by Gasteiger charge is 2.20. The van der Waals surface area contributed by atoms with Gasteiger partial charge in [-0.15, -0.1) is 0 Å². The molecule has 6 heteroatoms. The molecule has 1 rings (SSSR count). The Balaban J connectivity index is 2.63. The minimum absolute atomic E-state index is 0.237. The summed E-state index contributed by atoms with van der Waals surface area (Å²) in [4.78, 5) is 23.0. The average Bonchev–Trinajstić information content (AvgIpc) is 2.38. The minimum Gasteiger partial charge on any atom is -0.352 e. The van der Waals surface area contributed by atoms with Crippen molar-refractivity contribution in [3.05, 3.63) is 35.1 Å². The first-order valence-electron chi connectivity index (χ1n) is 6.88. The van der Waals surface area contributed by atoms with Gasteiger partial charge < -0.3 is 16.4 Å². The van der Waals surface area contributed by atoms with Gasteiger partial charge in [0.25, 0.3) is 0 Å². The second-order valence-corrected chi connectivity index (χ2v) is 5.49. The lowest BCUT2D eigenvalue weighted by atomic mass is 10.0. The largest absolute Gasteiger partial charge is 0.352 e. The Bertz CT molecular complexity index is 518. The van der Waals surface area contributed by atoms with Gasteiger partial charge in [-0.25, -0.2) is 9.18 Å². The van der Waals surface area contributed by atoms with Crippen molar-refractivity contribution in [3.8, 4) is 0 Å². The number of hydrogen-bond donors (Lipinski definition) is 3. The number of hydrogen-bond acceptors (Lipinski definition) is 2. The number of aryl methyl sites for hydroxylation is 1. The molecule has 0 aromatic heterocycles. The van der Waals surface area contributed by atoms with E-state index in [2.05, 4.69) is 10.6 Å². The highest BCUT2D eigenvalue weighted by Crippen LogP contribution is 2.09. The number of benzene rings is 1. The number of rotatable bonds is 6. The lowest BCUT2D eigenvalue weighted by Gasteiger charge is -2.19. The zero-order valence-electron chi connectivity index (χ0n) is 12.6. The van der Waals surface area contributed by atoms with Gasteiger partial charge in [-0.2, -0.15) is 0 Å². The minimum atomic E-state index is -0.728. The van der Waals surface area contributed by atoms with E-state index in [9.17, 15) is 14.0 Å². The van der Waals surface area contributed by atoms with Crippen LogP contribution in [0.2, 0.25) is 0 Å². The van der Waals surface area contributed by atoms with Crippen molar-refractivity contribution in [3.63, 3.8) is 0 Å². The first-order valence-corrected chi connectivity index (χ1v) is 6.88. The Morgan fingerprint density at radius 2 is 2.00 bits per heavy atom. The topological polar surface area (TPSA) is 84.2 Å². The van der Waals surface area contributed by atoms with E-state index < -0.39 is 12.1 Å². The summed E-state index contributed by atoms with van der Waals surface area (Å²) >= 11 is 0. The lowest BCUT2D eigenvalue weighted by molar-refractivity contribution is -0.123. The molecule has 116 valence electrons. The van der Waals surface area contributed by atoms with Gasteiger partial charge in [0.1, 0.15) is 11.9 Å². The van der Waals surface area contributed by atoms with Crippen LogP contribution in [0, 0.1) is 18.7 Å². The standard InChI is InChI=1S/C15H22FN3O2/c1-9(2)6-13(19-15(17)21)14(20)18-8-11-4-5-12(16)10(3)7-11/h4-5,7,9,13H,6,8H2,1-3H3,(H,18,20)(H3,17,19,21)/t13-/m0/s1. The molecule has 1 atom stereocenters. The molecule has 5 nitrogen and oxygen atoms in total. The van der Waals surface area contributed by atoms with Gasteiger partial charge >= 0.3 is 6.03 Å². The van der Waals surface area contributed by atoms with Crippen molar-refractivity contribution in [1.82, 2.24) is 10.6 Å². The summed E-state index contributed by atoms with van der Waals surface area (Å²) in [6.07, 6.45) is 0.497. The molecule has 0 saturated carbocycles. The Labute approximate surface area is 124 Å². The van der Waals surface area contributed by atoms with E-state index in [0.717, 1.165) is 5.56 Å². The molecule has 3 amide bonds. The monoisotopic (exact) mass is 295 g/mol. The zero-order valence-corrected chi connectivity index (χ0v) is 12.6. The number of primary amides is 1. The van der Waals surface area contributed by atoms with E-state index in [0.29, 0.717) is 12.0 Å². The Morgan fingerprint density at radius 1 is 1.33 bits per heavy atom. The van der Waals surface area contributed by atoms with Gasteiger partial charge in [0, 0.05) is 6.54 Å². The van der Waals surface area contributed by atoms with Gasteiger partial charge in [0.2, 0.25) is 5.91 Å². The van der Waals surface area contributed by atoms with Crippen molar-refractivity contribution < 1.29 is 14.0 Å². The molecule has 0 aliphatic carbocycles. The van der Waals surface area contributed by atoms with Crippen LogP contribution in [0.1, 0.15) is 31.4 Å². The molecular formula is C15H22FN3O2. The number of nitrogens with one attached hydrogen (secondary N) is 2. The molecule has 0 unspecified atom stereocenters. The molecule has 0 radical (unpaired) electrons. The molecule has 21 heavy (non-hydrogen) atoms. The van der Waals surface area contributed by atoms with Crippen LogP contribution in [0.3, 0.4) is 0 Å². The molecule has 0 fully saturated rings. The summed E-state index contributed by atoms with van der Waals surface area (Å²) in [5.74, 6) is -0.344. The smallest absolute Gasteiger partial charge is 0.312 e. The van der Waals surface area contributed by atoms with Gasteiger partial charge in [0.15, 0.2) is 0 Å². The number of urea groups is 1. The Morgan fingerprint density at radius 3 is 2.52 bits per heavy atom. The van der Waals surface area contributed by atoms with Crippen molar-refractivity contribution in [2.75, 3.05) is 0 Å². The fourth-order valence-corrected chi connectivity index (χ4v) is 2.00. The SMILES string of the molecule is Cc1cc(CNC(=O)[C@H](CC(C)C)NC(N)=O)ccc1F. The molecule has 0 bridgehead atoms. The third-order valence-electron chi connectivity index (χ3n) is 3.03. The molecule has 4 N–H and O–H groups in total. The number of nitrogens with two attached hydrogens (primary N) is 1. The summed E-state index contributed by atoms with van der Waals surface area (Å²) in [5.41, 5.74) is 6.40. The fourth-order valence-electron chi connectivity index (χ4n) is 2.00. The maximum absolute atomic E-state index is 13.2. The fraction of sp³-hybridized carbons (Fsp3) is 0.467. The lowest BCUT2D eigenvalue weighted by Crippen LogP contribution is -2.49. The molecule has 0 aliphatic heterocycles. The number of amides is 3. The third kappa shape index (κ3) is 5.81. The normalized spacial score (nSPS) is 12.0. The summed E-state index contributed by atoms with van der Waals surface area (Å²) in [5, 5.41) is 5.16. The molecule has 1 aromatic carbocycles. The highest BCUT2D eigenvalue weighted by atomic mass is 19.1. The summed E-state index contributed by atoms with van der Waals surface area (Å²) < 4.78 is 13.2. The number of carbonyl (C=O) groups is 2. The van der Waals surface area contributed by atoms with Crippen LogP contribution in [-0.2, 0) is 11.3 Å². The molecule has 0 spiro atoms. The van der Waals surface area contributed by atoms with E-state index in [1.165, 1.54) is 6.07 Å². The second-order valence-electron chi connectivity index (χ2n) is 5.49. The van der Waals surface area contributed by atoms with Crippen molar-refractivity contribution in [2.24, 2.45) is 11.7 Å². The van der Waals surface area contributed by atoms with Crippen LogP contribution in [-0.4, -0.2) is 18.0 Å². The van der Waals surface area contributed by atoms with E-state index in [4.69, 9.17) is 5.73 Å². The van der Waals surface area contributed by atoms with Crippen LogP contribution in [0.4, 0.5) is 9.18 Å². The maximum atomic E-state index is 13.2. The van der Waals surface area contributed by atoms with Gasteiger partial charge in [-0.1, -0.05) is 26.0 Å². The van der Waals surface area contributed by atoms with Crippen molar-refractivity contribution in [1.29, 1.82) is 0 Å². The second kappa shape index (κ2) is 7.61. The third-order valence-corrected chi connectivity index (χ3v) is 3.03. The molecule has 0 heterocycles. The van der Waals surface area contributed by atoms with Crippen LogP contribution in [0.5, 0.6) is 0 Å². The first-order chi connectivity index (χ1) is 9.79. The summed E-state index contributed by atoms with van der Waals surface area (Å²) in [6.45, 7) is 5.84. The summed E-state index contributed by atoms with van der Waals surface area (Å²) in [6, 6.07) is 3.26. The van der Waals surface area contributed by atoms with Crippen LogP contribution >= 0.6 is 0 Å². The Hall–Kier alpha value is -2.11. The van der Waals surface area contributed by atoms with Crippen molar-refractivity contribution >= 4 is 11.9 Å². The van der Waals surface area contributed by atoms with E-state index in [1.54, 1.807) is 19.1 Å². The first kappa shape index (κ1) is 16.9. The van der Waals surface area contributed by atoms with E-state index in [1.807, 2.05) is 13.8 Å². The van der Waals surface area contributed by atoms with Crippen molar-refractivity contribution in [2.45, 2.75) is 39.8 Å². The summed E-state index contributed by atoms with van der Waals surface area (Å²) in [7, 11) is 0. The number of halogens is 1. The average molecular weight is 295 g/mol. The van der Waals surface area contributed by atoms with Crippen LogP contribution < -0.4 is 16.4 Å². The van der Waals surface area contributed by atoms with E-state index in [-0.39, 0.29) is 24.2 Å². The van der Waals surface area contributed by atoms with E-state index >= 15 is 0 Å². The Kier molecular flexibility index (Phi) is 6.14. The molecule has 0 aliphatic rings. The predicted molar refractivity (Wildman–Crippen MR) is 78.9 cm³/mol. The predicted octanol–water partition coefficient (Wildman–Crippen LogP) is 1.83. The maximum Gasteiger partial charge on any atom is 0.312 e. The highest BCUT2D eigenvalue weighted by molar-refractivity contribution is 5.86. The molecule has 0 saturated heterocycles. The van der Waals surface area contributed by atoms with Crippen LogP contribution in [0.25, 0.3) is 0 Å². The molecular weight excluding hydrogens is 273 g/mol. The van der Waals surface area contributed by atoms with Gasteiger partial charge in [-0.05, 0) is 36.5 Å². The van der Waals surface area contributed by atoms with Gasteiger partial charge in [0.05, 0.1) is 0 Å². The molecule has 1 aromatic rings. The zero-order chi connectivity index (χ0) is 16.0. The van der Waals surface area contributed by atoms with Gasteiger partial charge in [-0.3, -0.25) is 4.79 Å².